The van der Waals surface area contributed by atoms with Gasteiger partial charge in [0.1, 0.15) is 18.2 Å². The minimum absolute atomic E-state index is 0.0791. The molecule has 1 saturated heterocycles. The van der Waals surface area contributed by atoms with E-state index in [2.05, 4.69) is 10.2 Å². The Bertz CT molecular complexity index is 816. The Labute approximate surface area is 155 Å². The van der Waals surface area contributed by atoms with E-state index in [1.165, 1.54) is 36.4 Å². The van der Waals surface area contributed by atoms with Crippen molar-refractivity contribution in [2.24, 2.45) is 0 Å². The lowest BCUT2D eigenvalue weighted by Gasteiger charge is -2.19. The van der Waals surface area contributed by atoms with Crippen LogP contribution in [0.15, 0.2) is 36.4 Å². The lowest BCUT2D eigenvalue weighted by molar-refractivity contribution is 0.127. The molecule has 1 atom stereocenters. The maximum atomic E-state index is 13.7. The fourth-order valence-electron chi connectivity index (χ4n) is 3.04. The van der Waals surface area contributed by atoms with E-state index in [1.54, 1.807) is 0 Å². The molecule has 26 heavy (non-hydrogen) atoms. The highest BCUT2D eigenvalue weighted by Gasteiger charge is 2.22. The number of nitrogens with zero attached hydrogens (tertiary/aromatic N) is 1. The summed E-state index contributed by atoms with van der Waals surface area (Å²) in [4.78, 5) is 14.3. The van der Waals surface area contributed by atoms with Crippen LogP contribution < -0.4 is 5.32 Å². The molecule has 1 fully saturated rings. The first-order chi connectivity index (χ1) is 12.4. The number of halogens is 3. The van der Waals surface area contributed by atoms with Gasteiger partial charge in [-0.05, 0) is 62.3 Å². The molecular formula is C19H19ClF2N2O2. The van der Waals surface area contributed by atoms with Gasteiger partial charge in [0.05, 0.1) is 10.7 Å². The van der Waals surface area contributed by atoms with Crippen molar-refractivity contribution in [1.29, 1.82) is 0 Å². The van der Waals surface area contributed by atoms with Gasteiger partial charge in [0.25, 0.3) is 0 Å². The standard InChI is InChI=1S/C19H19ClF2N2O2/c1-24-8-2-3-14(24)11-26-19(25)23-18-7-5-13(21)10-15(18)12-4-6-17(22)16(20)9-12/h4-7,9-10,14H,2-3,8,11H2,1H3,(H,23,25)/t14-/m0/s1. The topological polar surface area (TPSA) is 41.6 Å². The molecule has 1 aliphatic heterocycles. The van der Waals surface area contributed by atoms with Crippen LogP contribution in [0.2, 0.25) is 5.02 Å². The first kappa shape index (κ1) is 18.6. The highest BCUT2D eigenvalue weighted by molar-refractivity contribution is 6.31. The van der Waals surface area contributed by atoms with Crippen LogP contribution in [0.5, 0.6) is 0 Å². The zero-order valence-corrected chi connectivity index (χ0v) is 15.0. The van der Waals surface area contributed by atoms with Gasteiger partial charge in [-0.15, -0.1) is 0 Å². The predicted molar refractivity (Wildman–Crippen MR) is 97.4 cm³/mol. The van der Waals surface area contributed by atoms with E-state index < -0.39 is 17.7 Å². The molecule has 0 aromatic heterocycles. The number of likely N-dealkylation sites (N-methyl/N-ethyl adjacent to an activating group) is 1. The molecule has 2 aromatic rings. The molecule has 0 aliphatic carbocycles. The van der Waals surface area contributed by atoms with E-state index >= 15 is 0 Å². The number of benzene rings is 2. The minimum Gasteiger partial charge on any atom is -0.448 e. The van der Waals surface area contributed by atoms with Crippen molar-refractivity contribution >= 4 is 23.4 Å². The van der Waals surface area contributed by atoms with E-state index in [4.69, 9.17) is 16.3 Å². The van der Waals surface area contributed by atoms with Crippen molar-refractivity contribution in [1.82, 2.24) is 4.90 Å². The van der Waals surface area contributed by atoms with Crippen molar-refractivity contribution in [3.8, 4) is 11.1 Å². The maximum absolute atomic E-state index is 13.7. The third-order valence-corrected chi connectivity index (χ3v) is 4.82. The summed E-state index contributed by atoms with van der Waals surface area (Å²) in [7, 11) is 2.00. The highest BCUT2D eigenvalue weighted by atomic mass is 35.5. The summed E-state index contributed by atoms with van der Waals surface area (Å²) in [5.41, 5.74) is 1.24. The molecule has 0 saturated carbocycles. The smallest absolute Gasteiger partial charge is 0.411 e. The van der Waals surface area contributed by atoms with Gasteiger partial charge in [0.15, 0.2) is 0 Å². The normalized spacial score (nSPS) is 17.3. The molecule has 0 bridgehead atoms. The molecule has 1 heterocycles. The number of carbonyl (C=O) groups is 1. The average Bonchev–Trinajstić information content (AvgIpc) is 3.02. The van der Waals surface area contributed by atoms with Gasteiger partial charge in [-0.1, -0.05) is 17.7 Å². The van der Waals surface area contributed by atoms with Crippen LogP contribution in [0.1, 0.15) is 12.8 Å². The quantitative estimate of drug-likeness (QED) is 0.817. The molecule has 138 valence electrons. The van der Waals surface area contributed by atoms with Crippen molar-refractivity contribution in [2.45, 2.75) is 18.9 Å². The zero-order valence-electron chi connectivity index (χ0n) is 14.3. The Kier molecular flexibility index (Phi) is 5.74. The third-order valence-electron chi connectivity index (χ3n) is 4.53. The Morgan fingerprint density at radius 3 is 2.81 bits per heavy atom. The Morgan fingerprint density at radius 1 is 1.31 bits per heavy atom. The van der Waals surface area contributed by atoms with Crippen molar-refractivity contribution in [2.75, 3.05) is 25.5 Å². The number of likely N-dealkylation sites (tertiary alicyclic amines) is 1. The van der Waals surface area contributed by atoms with Gasteiger partial charge in [-0.3, -0.25) is 5.32 Å². The van der Waals surface area contributed by atoms with E-state index in [0.717, 1.165) is 19.4 Å². The lowest BCUT2D eigenvalue weighted by Crippen LogP contribution is -2.31. The summed E-state index contributed by atoms with van der Waals surface area (Å²) in [6.45, 7) is 1.28. The van der Waals surface area contributed by atoms with Gasteiger partial charge in [0, 0.05) is 11.6 Å². The number of nitrogens with one attached hydrogen (secondary N) is 1. The maximum Gasteiger partial charge on any atom is 0.411 e. The number of hydrogen-bond donors (Lipinski definition) is 1. The fourth-order valence-corrected chi connectivity index (χ4v) is 3.22. The van der Waals surface area contributed by atoms with Crippen LogP contribution >= 0.6 is 11.6 Å². The molecule has 3 rings (SSSR count). The second kappa shape index (κ2) is 8.01. The summed E-state index contributed by atoms with van der Waals surface area (Å²) in [6, 6.07) is 8.18. The summed E-state index contributed by atoms with van der Waals surface area (Å²) in [5, 5.41) is 2.55. The SMILES string of the molecule is CN1CCC[C@H]1COC(=O)Nc1ccc(F)cc1-c1ccc(F)c(Cl)c1. The molecule has 4 nitrogen and oxygen atoms in total. The second-order valence-corrected chi connectivity index (χ2v) is 6.73. The van der Waals surface area contributed by atoms with Crippen LogP contribution in [0, 0.1) is 11.6 Å². The van der Waals surface area contributed by atoms with Crippen LogP contribution in [0.3, 0.4) is 0 Å². The lowest BCUT2D eigenvalue weighted by atomic mass is 10.0. The van der Waals surface area contributed by atoms with E-state index in [9.17, 15) is 13.6 Å². The summed E-state index contributed by atoms with van der Waals surface area (Å²) in [6.07, 6.45) is 1.45. The van der Waals surface area contributed by atoms with E-state index in [1.807, 2.05) is 7.05 Å². The first-order valence-electron chi connectivity index (χ1n) is 8.33. The van der Waals surface area contributed by atoms with Crippen molar-refractivity contribution in [3.05, 3.63) is 53.1 Å². The molecule has 1 aliphatic rings. The number of ether oxygens (including phenoxy) is 1. The van der Waals surface area contributed by atoms with Gasteiger partial charge in [0.2, 0.25) is 0 Å². The number of hydrogen-bond acceptors (Lipinski definition) is 3. The molecule has 1 N–H and O–H groups in total. The predicted octanol–water partition coefficient (Wildman–Crippen LogP) is 4.93. The van der Waals surface area contributed by atoms with Gasteiger partial charge >= 0.3 is 6.09 Å². The van der Waals surface area contributed by atoms with Crippen molar-refractivity contribution < 1.29 is 18.3 Å². The molecule has 1 amide bonds. The summed E-state index contributed by atoms with van der Waals surface area (Å²) < 4.78 is 32.4. The van der Waals surface area contributed by atoms with Gasteiger partial charge < -0.3 is 9.64 Å². The molecule has 0 spiro atoms. The van der Waals surface area contributed by atoms with Gasteiger partial charge in [-0.2, -0.15) is 0 Å². The first-order valence-corrected chi connectivity index (χ1v) is 8.71. The Morgan fingerprint density at radius 2 is 2.12 bits per heavy atom. The Balaban J connectivity index is 1.75. The van der Waals surface area contributed by atoms with Crippen LogP contribution in [-0.2, 0) is 4.74 Å². The van der Waals surface area contributed by atoms with Crippen LogP contribution in [-0.4, -0.2) is 37.2 Å². The van der Waals surface area contributed by atoms with E-state index in [-0.39, 0.29) is 11.1 Å². The molecular weight excluding hydrogens is 362 g/mol. The fraction of sp³-hybridized carbons (Fsp3) is 0.316. The number of anilines is 1. The molecule has 2 aromatic carbocycles. The van der Waals surface area contributed by atoms with E-state index in [0.29, 0.717) is 23.4 Å². The number of carbonyl (C=O) groups excluding carboxylic acids is 1. The Hall–Kier alpha value is -2.18. The largest absolute Gasteiger partial charge is 0.448 e. The third kappa shape index (κ3) is 4.31. The average molecular weight is 381 g/mol. The monoisotopic (exact) mass is 380 g/mol. The molecule has 0 radical (unpaired) electrons. The molecule has 7 heteroatoms. The number of rotatable bonds is 4. The van der Waals surface area contributed by atoms with Crippen LogP contribution in [0.25, 0.3) is 11.1 Å². The summed E-state index contributed by atoms with van der Waals surface area (Å²) in [5.74, 6) is -1.05. The summed E-state index contributed by atoms with van der Waals surface area (Å²) >= 11 is 5.81. The van der Waals surface area contributed by atoms with Crippen molar-refractivity contribution in [3.63, 3.8) is 0 Å². The second-order valence-electron chi connectivity index (χ2n) is 6.32. The number of amides is 1. The minimum atomic E-state index is -0.619. The van der Waals surface area contributed by atoms with Gasteiger partial charge in [-0.25, -0.2) is 13.6 Å². The molecule has 0 unspecified atom stereocenters. The zero-order chi connectivity index (χ0) is 18.7. The highest BCUT2D eigenvalue weighted by Crippen LogP contribution is 2.31. The van der Waals surface area contributed by atoms with Crippen LogP contribution in [0.4, 0.5) is 19.3 Å².